The molecule has 4 fully saturated rings. The van der Waals surface area contributed by atoms with Gasteiger partial charge in [0.05, 0.1) is 6.04 Å². The van der Waals surface area contributed by atoms with Crippen LogP contribution < -0.4 is 20.9 Å². The zero-order valence-electron chi connectivity index (χ0n) is 21.9. The van der Waals surface area contributed by atoms with Crippen LogP contribution in [0.1, 0.15) is 49.1 Å². The van der Waals surface area contributed by atoms with Crippen LogP contribution >= 0.6 is 0 Å². The summed E-state index contributed by atoms with van der Waals surface area (Å²) in [6.45, 7) is 6.04. The number of benzene rings is 1. The summed E-state index contributed by atoms with van der Waals surface area (Å²) < 4.78 is 41.2. The average Bonchev–Trinajstić information content (AvgIpc) is 3.60. The maximum atomic E-state index is 13.7. The van der Waals surface area contributed by atoms with Crippen molar-refractivity contribution in [2.45, 2.75) is 50.2 Å². The quantitative estimate of drug-likeness (QED) is 0.407. The van der Waals surface area contributed by atoms with E-state index in [4.69, 9.17) is 0 Å². The summed E-state index contributed by atoms with van der Waals surface area (Å²) in [5.74, 6) is 0.308. The number of urea groups is 1. The third-order valence-electron chi connectivity index (χ3n) is 8.10. The second-order valence-electron chi connectivity index (χ2n) is 10.9. The highest BCUT2D eigenvalue weighted by Crippen LogP contribution is 2.45. The van der Waals surface area contributed by atoms with Gasteiger partial charge in [0, 0.05) is 69.9 Å². The third kappa shape index (κ3) is 5.70. The molecule has 0 bridgehead atoms. The number of nitrogens with one attached hydrogen (secondary N) is 3. The molecule has 1 aromatic heterocycles. The van der Waals surface area contributed by atoms with E-state index in [1.54, 1.807) is 4.90 Å². The molecule has 3 saturated heterocycles. The first-order chi connectivity index (χ1) is 18.9. The maximum absolute atomic E-state index is 13.7. The highest BCUT2D eigenvalue weighted by Gasteiger charge is 2.39. The first kappa shape index (κ1) is 26.0. The molecule has 3 N–H and O–H groups in total. The highest BCUT2D eigenvalue weighted by atomic mass is 19.4. The maximum Gasteiger partial charge on any atom is 0.421 e. The van der Waals surface area contributed by atoms with Crippen LogP contribution in [0.15, 0.2) is 24.4 Å². The van der Waals surface area contributed by atoms with Gasteiger partial charge in [-0.1, -0.05) is 0 Å². The number of hydrogen-bond acceptors (Lipinski definition) is 7. The molecule has 2 aromatic rings. The minimum Gasteiger partial charge on any atom is -0.369 e. The van der Waals surface area contributed by atoms with Crippen LogP contribution in [0.3, 0.4) is 0 Å². The molecule has 12 heteroatoms. The van der Waals surface area contributed by atoms with E-state index in [0.29, 0.717) is 25.4 Å². The minimum absolute atomic E-state index is 0.0384. The SMILES string of the molecule is O=C1N(CCCNc2nc(Nc3ccc(N4CCNCC4)cc3C3CC3)ncc2C(F)(F)F)C[C@@H]2CCCN12. The van der Waals surface area contributed by atoms with Crippen LogP contribution in [-0.2, 0) is 6.18 Å². The fourth-order valence-corrected chi connectivity index (χ4v) is 5.88. The van der Waals surface area contributed by atoms with Crippen molar-refractivity contribution in [3.05, 3.63) is 35.5 Å². The minimum atomic E-state index is -4.58. The predicted octanol–water partition coefficient (Wildman–Crippen LogP) is 4.23. The Morgan fingerprint density at radius 1 is 1.10 bits per heavy atom. The van der Waals surface area contributed by atoms with E-state index in [1.165, 1.54) is 0 Å². The summed E-state index contributed by atoms with van der Waals surface area (Å²) in [6, 6.07) is 6.55. The van der Waals surface area contributed by atoms with Gasteiger partial charge >= 0.3 is 12.2 Å². The van der Waals surface area contributed by atoms with Gasteiger partial charge in [-0.2, -0.15) is 18.2 Å². The topological polar surface area (TPSA) is 88.7 Å². The molecule has 0 spiro atoms. The monoisotopic (exact) mass is 544 g/mol. The normalized spacial score (nSPS) is 21.5. The van der Waals surface area contributed by atoms with E-state index in [0.717, 1.165) is 81.5 Å². The molecular formula is C27H35F3N8O. The number of carbonyl (C=O) groups is 1. The van der Waals surface area contributed by atoms with Crippen LogP contribution in [0.5, 0.6) is 0 Å². The molecule has 0 radical (unpaired) electrons. The van der Waals surface area contributed by atoms with Crippen LogP contribution in [0.2, 0.25) is 0 Å². The number of anilines is 4. The molecule has 1 atom stereocenters. The summed E-state index contributed by atoms with van der Waals surface area (Å²) in [4.78, 5) is 26.8. The summed E-state index contributed by atoms with van der Waals surface area (Å²) in [7, 11) is 0. The number of amides is 2. The Kier molecular flexibility index (Phi) is 7.13. The first-order valence-corrected chi connectivity index (χ1v) is 14.0. The van der Waals surface area contributed by atoms with Gasteiger partial charge in [0.2, 0.25) is 5.95 Å². The number of aromatic nitrogens is 2. The number of carbonyl (C=O) groups excluding carboxylic acids is 1. The van der Waals surface area contributed by atoms with E-state index in [1.807, 2.05) is 17.0 Å². The molecule has 1 saturated carbocycles. The number of rotatable bonds is 9. The number of fused-ring (bicyclic) bond motifs is 1. The molecule has 4 heterocycles. The number of hydrogen-bond donors (Lipinski definition) is 3. The summed E-state index contributed by atoms with van der Waals surface area (Å²) in [5.41, 5.74) is 2.24. The Hall–Kier alpha value is -3.28. The van der Waals surface area contributed by atoms with E-state index in [-0.39, 0.29) is 30.4 Å². The summed E-state index contributed by atoms with van der Waals surface area (Å²) >= 11 is 0. The van der Waals surface area contributed by atoms with Crippen LogP contribution in [-0.4, -0.2) is 84.2 Å². The van der Waals surface area contributed by atoms with Gasteiger partial charge in [0.15, 0.2) is 0 Å². The Morgan fingerprint density at radius 2 is 1.92 bits per heavy atom. The van der Waals surface area contributed by atoms with Crippen molar-refractivity contribution in [1.82, 2.24) is 25.1 Å². The van der Waals surface area contributed by atoms with Gasteiger partial charge in [0.25, 0.3) is 0 Å². The van der Waals surface area contributed by atoms with E-state index >= 15 is 0 Å². The van der Waals surface area contributed by atoms with E-state index in [2.05, 4.69) is 36.9 Å². The molecule has 39 heavy (non-hydrogen) atoms. The molecule has 2 amide bonds. The molecule has 0 unspecified atom stereocenters. The fraction of sp³-hybridized carbons (Fsp3) is 0.593. The van der Waals surface area contributed by atoms with Crippen LogP contribution in [0.25, 0.3) is 0 Å². The number of halogens is 3. The zero-order valence-corrected chi connectivity index (χ0v) is 21.9. The van der Waals surface area contributed by atoms with Crippen molar-refractivity contribution in [3.8, 4) is 0 Å². The van der Waals surface area contributed by atoms with Crippen molar-refractivity contribution >= 4 is 29.2 Å². The lowest BCUT2D eigenvalue weighted by atomic mass is 10.1. The molecular weight excluding hydrogens is 509 g/mol. The van der Waals surface area contributed by atoms with Crippen molar-refractivity contribution in [1.29, 1.82) is 0 Å². The molecule has 1 aromatic carbocycles. The third-order valence-corrected chi connectivity index (χ3v) is 8.10. The van der Waals surface area contributed by atoms with Gasteiger partial charge < -0.3 is 30.7 Å². The molecule has 6 rings (SSSR count). The Balaban J connectivity index is 1.14. The predicted molar refractivity (Wildman–Crippen MR) is 144 cm³/mol. The molecule has 3 aliphatic heterocycles. The summed E-state index contributed by atoms with van der Waals surface area (Å²) in [6.07, 6.45) is 1.03. The van der Waals surface area contributed by atoms with Crippen LogP contribution in [0, 0.1) is 0 Å². The van der Waals surface area contributed by atoms with Crippen molar-refractivity contribution in [3.63, 3.8) is 0 Å². The van der Waals surface area contributed by atoms with Crippen molar-refractivity contribution in [2.75, 3.05) is 67.9 Å². The van der Waals surface area contributed by atoms with Crippen molar-refractivity contribution in [2.24, 2.45) is 0 Å². The van der Waals surface area contributed by atoms with Gasteiger partial charge in [0.1, 0.15) is 11.4 Å². The Morgan fingerprint density at radius 3 is 2.67 bits per heavy atom. The number of nitrogens with zero attached hydrogens (tertiary/aromatic N) is 5. The standard InChI is InChI=1S/C27H35F3N8O/c28-27(29,30)22-16-33-25(35-24(22)32-8-2-11-37-17-20-3-1-12-38(20)26(37)39)34-23-7-6-19(15-21(23)18-4-5-18)36-13-9-31-10-14-36/h6-7,15-16,18,20,31H,1-5,8-14,17H2,(H2,32,33,34,35)/t20-/m0/s1. The van der Waals surface area contributed by atoms with Gasteiger partial charge in [-0.05, 0) is 61.8 Å². The van der Waals surface area contributed by atoms with Gasteiger partial charge in [-0.3, -0.25) is 0 Å². The highest BCUT2D eigenvalue weighted by molar-refractivity contribution is 5.77. The van der Waals surface area contributed by atoms with E-state index in [9.17, 15) is 18.0 Å². The van der Waals surface area contributed by atoms with Gasteiger partial charge in [-0.15, -0.1) is 0 Å². The summed E-state index contributed by atoms with van der Waals surface area (Å²) in [5, 5.41) is 9.41. The Bertz CT molecular complexity index is 1200. The van der Waals surface area contributed by atoms with Gasteiger partial charge in [-0.25, -0.2) is 9.78 Å². The molecule has 4 aliphatic rings. The smallest absolute Gasteiger partial charge is 0.369 e. The lowest BCUT2D eigenvalue weighted by Crippen LogP contribution is -2.43. The lowest BCUT2D eigenvalue weighted by Gasteiger charge is -2.30. The average molecular weight is 545 g/mol. The van der Waals surface area contributed by atoms with Crippen molar-refractivity contribution < 1.29 is 18.0 Å². The van der Waals surface area contributed by atoms with Crippen LogP contribution in [0.4, 0.5) is 41.1 Å². The zero-order chi connectivity index (χ0) is 27.0. The molecule has 210 valence electrons. The Labute approximate surface area is 226 Å². The largest absolute Gasteiger partial charge is 0.421 e. The second-order valence-corrected chi connectivity index (χ2v) is 10.9. The lowest BCUT2D eigenvalue weighted by molar-refractivity contribution is -0.137. The second kappa shape index (κ2) is 10.7. The molecule has 9 nitrogen and oxygen atoms in total. The number of piperazine rings is 1. The van der Waals surface area contributed by atoms with E-state index < -0.39 is 11.7 Å². The fourth-order valence-electron chi connectivity index (χ4n) is 5.88. The number of alkyl halides is 3. The first-order valence-electron chi connectivity index (χ1n) is 14.0. The molecule has 1 aliphatic carbocycles.